The van der Waals surface area contributed by atoms with Gasteiger partial charge in [-0.05, 0) is 37.3 Å². The maximum Gasteiger partial charge on any atom is 0.262 e. The quantitative estimate of drug-likeness (QED) is 0.803. The van der Waals surface area contributed by atoms with Gasteiger partial charge in [0.15, 0.2) is 5.03 Å². The molecule has 1 spiro atoms. The minimum absolute atomic E-state index is 0.0362. The number of nitrogens with zero attached hydrogens (tertiary/aromatic N) is 4. The lowest BCUT2D eigenvalue weighted by atomic mass is 9.81. The van der Waals surface area contributed by atoms with E-state index in [0.29, 0.717) is 31.6 Å². The van der Waals surface area contributed by atoms with Gasteiger partial charge in [0.05, 0.1) is 23.8 Å². The highest BCUT2D eigenvalue weighted by molar-refractivity contribution is 7.89. The van der Waals surface area contributed by atoms with Gasteiger partial charge in [0.1, 0.15) is 6.10 Å². The van der Waals surface area contributed by atoms with Gasteiger partial charge in [-0.1, -0.05) is 6.92 Å². The average molecular weight is 420 g/mol. The van der Waals surface area contributed by atoms with Crippen LogP contribution >= 0.6 is 0 Å². The molecule has 2 aliphatic rings. The SMILES string of the molecule is CC1CN(S(=O)(=O)c2cn(C)cn2)CCC12CCC(C(=O)Nc1cccnc1)O2. The predicted octanol–water partition coefficient (Wildman–Crippen LogP) is 1.40. The van der Waals surface area contributed by atoms with Crippen molar-refractivity contribution in [2.45, 2.75) is 42.9 Å². The van der Waals surface area contributed by atoms with Crippen molar-refractivity contribution in [2.24, 2.45) is 13.0 Å². The van der Waals surface area contributed by atoms with Crippen molar-refractivity contribution < 1.29 is 17.9 Å². The van der Waals surface area contributed by atoms with Crippen molar-refractivity contribution in [3.63, 3.8) is 0 Å². The highest BCUT2D eigenvalue weighted by Gasteiger charge is 2.50. The molecule has 29 heavy (non-hydrogen) atoms. The number of hydrogen-bond acceptors (Lipinski definition) is 6. The summed E-state index contributed by atoms with van der Waals surface area (Å²) in [6, 6.07) is 3.53. The molecule has 2 aromatic heterocycles. The average Bonchev–Trinajstić information content (AvgIpc) is 3.33. The largest absolute Gasteiger partial charge is 0.362 e. The molecule has 2 aromatic rings. The molecule has 1 amide bonds. The van der Waals surface area contributed by atoms with Crippen LogP contribution in [0, 0.1) is 5.92 Å². The molecule has 0 bridgehead atoms. The Morgan fingerprint density at radius 3 is 2.86 bits per heavy atom. The Labute approximate surface area is 170 Å². The molecule has 3 atom stereocenters. The molecule has 0 aromatic carbocycles. The van der Waals surface area contributed by atoms with E-state index < -0.39 is 21.7 Å². The Balaban J connectivity index is 1.41. The molecule has 0 aliphatic carbocycles. The van der Waals surface area contributed by atoms with Crippen LogP contribution < -0.4 is 5.32 Å². The first-order valence-corrected chi connectivity index (χ1v) is 11.1. The highest BCUT2D eigenvalue weighted by Crippen LogP contribution is 2.43. The van der Waals surface area contributed by atoms with Gasteiger partial charge < -0.3 is 14.6 Å². The van der Waals surface area contributed by atoms with Crippen molar-refractivity contribution in [2.75, 3.05) is 18.4 Å². The first kappa shape index (κ1) is 20.0. The molecule has 9 nitrogen and oxygen atoms in total. The van der Waals surface area contributed by atoms with E-state index >= 15 is 0 Å². The lowest BCUT2D eigenvalue weighted by Gasteiger charge is -2.43. The first-order chi connectivity index (χ1) is 13.8. The molecule has 2 saturated heterocycles. The van der Waals surface area contributed by atoms with E-state index in [0.717, 1.165) is 6.42 Å². The van der Waals surface area contributed by atoms with E-state index in [-0.39, 0.29) is 16.9 Å². The topological polar surface area (TPSA) is 106 Å². The fraction of sp³-hybridized carbons (Fsp3) is 0.526. The van der Waals surface area contributed by atoms with Crippen LogP contribution in [0.3, 0.4) is 0 Å². The molecule has 2 fully saturated rings. The summed E-state index contributed by atoms with van der Waals surface area (Å²) in [6.07, 6.45) is 7.58. The molecular weight excluding hydrogens is 394 g/mol. The van der Waals surface area contributed by atoms with Gasteiger partial charge in [0, 0.05) is 32.5 Å². The number of piperidine rings is 1. The Kier molecular flexibility index (Phi) is 5.18. The van der Waals surface area contributed by atoms with Crippen molar-refractivity contribution in [3.05, 3.63) is 37.1 Å². The van der Waals surface area contributed by atoms with Crippen LogP contribution in [0.25, 0.3) is 0 Å². The van der Waals surface area contributed by atoms with Gasteiger partial charge in [-0.15, -0.1) is 0 Å². The van der Waals surface area contributed by atoms with E-state index in [4.69, 9.17) is 4.74 Å². The summed E-state index contributed by atoms with van der Waals surface area (Å²) in [5.41, 5.74) is 0.152. The second-order valence-corrected chi connectivity index (χ2v) is 9.72. The lowest BCUT2D eigenvalue weighted by Crippen LogP contribution is -2.52. The summed E-state index contributed by atoms with van der Waals surface area (Å²) in [6.45, 7) is 2.68. The number of nitrogens with one attached hydrogen (secondary N) is 1. The monoisotopic (exact) mass is 419 g/mol. The van der Waals surface area contributed by atoms with Crippen LogP contribution in [0.15, 0.2) is 42.1 Å². The number of anilines is 1. The number of carbonyl (C=O) groups is 1. The molecule has 4 rings (SSSR count). The second kappa shape index (κ2) is 7.51. The molecular formula is C19H25N5O4S. The summed E-state index contributed by atoms with van der Waals surface area (Å²) in [5, 5.41) is 2.89. The molecule has 156 valence electrons. The van der Waals surface area contributed by atoms with E-state index in [1.807, 2.05) is 6.92 Å². The Hall–Kier alpha value is -2.30. The van der Waals surface area contributed by atoms with E-state index in [2.05, 4.69) is 15.3 Å². The van der Waals surface area contributed by atoms with Crippen molar-refractivity contribution in [1.82, 2.24) is 18.8 Å². The van der Waals surface area contributed by atoms with Gasteiger partial charge in [0.25, 0.3) is 15.9 Å². The summed E-state index contributed by atoms with van der Waals surface area (Å²) in [4.78, 5) is 20.6. The fourth-order valence-electron chi connectivity index (χ4n) is 4.16. The standard InChI is InChI=1S/C19H25N5O4S/c1-14-11-24(29(26,27)17-12-23(2)13-21-17)9-7-19(14)6-5-16(28-19)18(25)22-15-4-3-8-20-10-15/h3-4,8,10,12-14,16H,5-7,9,11H2,1-2H3,(H,22,25). The number of sulfonamides is 1. The first-order valence-electron chi connectivity index (χ1n) is 9.67. The zero-order valence-electron chi connectivity index (χ0n) is 16.5. The molecule has 0 radical (unpaired) electrons. The van der Waals surface area contributed by atoms with E-state index in [1.165, 1.54) is 16.8 Å². The van der Waals surface area contributed by atoms with Gasteiger partial charge in [-0.3, -0.25) is 9.78 Å². The number of pyridine rings is 1. The van der Waals surface area contributed by atoms with Gasteiger partial charge in [-0.25, -0.2) is 13.4 Å². The van der Waals surface area contributed by atoms with Crippen molar-refractivity contribution in [3.8, 4) is 0 Å². The zero-order chi connectivity index (χ0) is 20.6. The third-order valence-corrected chi connectivity index (χ3v) is 7.62. The van der Waals surface area contributed by atoms with Gasteiger partial charge >= 0.3 is 0 Å². The predicted molar refractivity (Wildman–Crippen MR) is 105 cm³/mol. The summed E-state index contributed by atoms with van der Waals surface area (Å²) in [5.74, 6) is -0.225. The summed E-state index contributed by atoms with van der Waals surface area (Å²) in [7, 11) is -1.89. The van der Waals surface area contributed by atoms with Crippen LogP contribution in [0.1, 0.15) is 26.2 Å². The minimum atomic E-state index is -3.63. The number of aromatic nitrogens is 3. The number of carbonyl (C=O) groups excluding carboxylic acids is 1. The third kappa shape index (κ3) is 3.79. The third-order valence-electron chi connectivity index (χ3n) is 5.87. The number of aryl methyl sites for hydroxylation is 1. The molecule has 10 heteroatoms. The minimum Gasteiger partial charge on any atom is -0.362 e. The Morgan fingerprint density at radius 1 is 1.38 bits per heavy atom. The number of hydrogen-bond donors (Lipinski definition) is 1. The summed E-state index contributed by atoms with van der Waals surface area (Å²) < 4.78 is 35.1. The van der Waals surface area contributed by atoms with Gasteiger partial charge in [-0.2, -0.15) is 4.31 Å². The van der Waals surface area contributed by atoms with Crippen molar-refractivity contribution in [1.29, 1.82) is 0 Å². The van der Waals surface area contributed by atoms with Gasteiger partial charge in [0.2, 0.25) is 0 Å². The molecule has 2 aliphatic heterocycles. The Bertz CT molecular complexity index is 993. The number of ether oxygens (including phenoxy) is 1. The number of rotatable bonds is 4. The molecule has 3 unspecified atom stereocenters. The second-order valence-electron chi connectivity index (χ2n) is 7.83. The summed E-state index contributed by atoms with van der Waals surface area (Å²) >= 11 is 0. The molecule has 4 heterocycles. The number of amides is 1. The lowest BCUT2D eigenvalue weighted by molar-refractivity contribution is -0.140. The molecule has 0 saturated carbocycles. The van der Waals surface area contributed by atoms with Crippen LogP contribution in [-0.4, -0.2) is 58.0 Å². The smallest absolute Gasteiger partial charge is 0.262 e. The highest BCUT2D eigenvalue weighted by atomic mass is 32.2. The Morgan fingerprint density at radius 2 is 2.21 bits per heavy atom. The number of imidazole rings is 1. The van der Waals surface area contributed by atoms with E-state index in [9.17, 15) is 13.2 Å². The van der Waals surface area contributed by atoms with Crippen LogP contribution in [-0.2, 0) is 26.6 Å². The zero-order valence-corrected chi connectivity index (χ0v) is 17.3. The van der Waals surface area contributed by atoms with Crippen molar-refractivity contribution >= 4 is 21.6 Å². The fourth-order valence-corrected chi connectivity index (χ4v) is 5.66. The van der Waals surface area contributed by atoms with Crippen LogP contribution in [0.2, 0.25) is 0 Å². The van der Waals surface area contributed by atoms with Crippen LogP contribution in [0.4, 0.5) is 5.69 Å². The van der Waals surface area contributed by atoms with Crippen LogP contribution in [0.5, 0.6) is 0 Å². The maximum atomic E-state index is 12.9. The normalized spacial score (nSPS) is 27.9. The maximum absolute atomic E-state index is 12.9. The van der Waals surface area contributed by atoms with E-state index in [1.54, 1.807) is 36.1 Å². The molecule has 1 N–H and O–H groups in total.